The van der Waals surface area contributed by atoms with Gasteiger partial charge < -0.3 is 9.84 Å². The van der Waals surface area contributed by atoms with Crippen molar-refractivity contribution in [2.24, 2.45) is 35.5 Å². The lowest BCUT2D eigenvalue weighted by atomic mass is 9.51. The predicted molar refractivity (Wildman–Crippen MR) is 156 cm³/mol. The van der Waals surface area contributed by atoms with Crippen LogP contribution in [0.2, 0.25) is 0 Å². The molecule has 2 amide bonds. The number of hydrazine groups is 1. The van der Waals surface area contributed by atoms with E-state index in [1.807, 2.05) is 6.07 Å². The standard InChI is InChI=1S/C34H48N2O4/c1-5-6-7-8-22-17-28-31(26-11-19(2)9-10-27(26)34(3,4)40-28)32(38)30(22)33(39)36-35-29(37)18-25-23-13-20-12-21(15-23)16-24(25)14-20/h11,17,20-21,23-27,38H,5-10,12-16,18H2,1-4H3,(H,35,37)(H,36,39)/t20?,21?,23?,24?,25?,26-,27-/m1/s1. The fourth-order valence-corrected chi connectivity index (χ4v) is 9.45. The Morgan fingerprint density at radius 2 is 1.75 bits per heavy atom. The topological polar surface area (TPSA) is 87.7 Å². The summed E-state index contributed by atoms with van der Waals surface area (Å²) in [6.07, 6.45) is 14.9. The average Bonchev–Trinajstić information content (AvgIpc) is 2.88. The van der Waals surface area contributed by atoms with Gasteiger partial charge in [0.05, 0.1) is 5.56 Å². The Morgan fingerprint density at radius 3 is 2.42 bits per heavy atom. The zero-order valence-corrected chi connectivity index (χ0v) is 24.9. The molecule has 1 aromatic rings. The highest BCUT2D eigenvalue weighted by Crippen LogP contribution is 2.57. The largest absolute Gasteiger partial charge is 0.507 e. The molecule has 0 aromatic heterocycles. The number of aromatic hydroxyl groups is 1. The first-order valence-electron chi connectivity index (χ1n) is 16.0. The van der Waals surface area contributed by atoms with E-state index in [0.717, 1.165) is 49.5 Å². The van der Waals surface area contributed by atoms with Gasteiger partial charge in [-0.2, -0.15) is 0 Å². The predicted octanol–water partition coefficient (Wildman–Crippen LogP) is 6.96. The molecule has 2 atom stereocenters. The number of carbonyl (C=O) groups excluding carboxylic acids is 2. The van der Waals surface area contributed by atoms with Crippen molar-refractivity contribution in [1.29, 1.82) is 0 Å². The lowest BCUT2D eigenvalue weighted by molar-refractivity contribution is -0.127. The number of aryl methyl sites for hydroxylation is 1. The van der Waals surface area contributed by atoms with Gasteiger partial charge in [-0.25, -0.2) is 0 Å². The molecule has 0 spiro atoms. The van der Waals surface area contributed by atoms with Crippen molar-refractivity contribution in [3.05, 3.63) is 34.4 Å². The lowest BCUT2D eigenvalue weighted by Crippen LogP contribution is -2.48. The van der Waals surface area contributed by atoms with Gasteiger partial charge in [-0.3, -0.25) is 20.4 Å². The van der Waals surface area contributed by atoms with Crippen LogP contribution >= 0.6 is 0 Å². The van der Waals surface area contributed by atoms with E-state index in [1.54, 1.807) is 0 Å². The Morgan fingerprint density at radius 1 is 1.05 bits per heavy atom. The van der Waals surface area contributed by atoms with Crippen molar-refractivity contribution in [2.75, 3.05) is 0 Å². The number of hydrogen-bond acceptors (Lipinski definition) is 4. The fraction of sp³-hybridized carbons (Fsp3) is 0.706. The molecular weight excluding hydrogens is 500 g/mol. The highest BCUT2D eigenvalue weighted by atomic mass is 16.5. The van der Waals surface area contributed by atoms with Crippen LogP contribution in [0.3, 0.4) is 0 Å². The number of phenols is 1. The van der Waals surface area contributed by atoms with Crippen LogP contribution in [0.4, 0.5) is 0 Å². The minimum absolute atomic E-state index is 0.00439. The van der Waals surface area contributed by atoms with Gasteiger partial charge in [0.2, 0.25) is 5.91 Å². The van der Waals surface area contributed by atoms with E-state index >= 15 is 0 Å². The maximum absolute atomic E-state index is 13.7. The first kappa shape index (κ1) is 27.7. The van der Waals surface area contributed by atoms with Gasteiger partial charge in [0, 0.05) is 23.8 Å². The third-order valence-electron chi connectivity index (χ3n) is 11.2. The molecule has 5 aliphatic carbocycles. The van der Waals surface area contributed by atoms with Crippen LogP contribution < -0.4 is 15.6 Å². The summed E-state index contributed by atoms with van der Waals surface area (Å²) in [5, 5.41) is 11.7. The van der Waals surface area contributed by atoms with E-state index in [0.29, 0.717) is 41.9 Å². The number of carbonyl (C=O) groups is 2. The molecule has 4 saturated carbocycles. The minimum atomic E-state index is -0.442. The number of ether oxygens (including phenoxy) is 1. The molecule has 4 bridgehead atoms. The van der Waals surface area contributed by atoms with E-state index < -0.39 is 5.91 Å². The number of unbranched alkanes of at least 4 members (excludes halogenated alkanes) is 2. The van der Waals surface area contributed by atoms with Gasteiger partial charge in [0.15, 0.2) is 0 Å². The molecule has 218 valence electrons. The highest BCUT2D eigenvalue weighted by Gasteiger charge is 2.49. The second-order valence-corrected chi connectivity index (χ2v) is 14.3. The molecular formula is C34H48N2O4. The summed E-state index contributed by atoms with van der Waals surface area (Å²) in [6.45, 7) is 8.56. The third kappa shape index (κ3) is 5.05. The smallest absolute Gasteiger partial charge is 0.273 e. The van der Waals surface area contributed by atoms with Gasteiger partial charge in [0.1, 0.15) is 17.1 Å². The van der Waals surface area contributed by atoms with E-state index in [2.05, 4.69) is 44.6 Å². The maximum Gasteiger partial charge on any atom is 0.273 e. The molecule has 4 fully saturated rings. The van der Waals surface area contributed by atoms with Gasteiger partial charge in [0.25, 0.3) is 5.91 Å². The Labute approximate surface area is 239 Å². The van der Waals surface area contributed by atoms with Crippen LogP contribution in [0.5, 0.6) is 11.5 Å². The Balaban J connectivity index is 1.23. The Hall–Kier alpha value is -2.50. The molecule has 0 saturated heterocycles. The summed E-state index contributed by atoms with van der Waals surface area (Å²) in [7, 11) is 0. The van der Waals surface area contributed by atoms with Crippen molar-refractivity contribution in [3.8, 4) is 11.5 Å². The number of phenolic OH excluding ortho intramolecular Hbond substituents is 1. The van der Waals surface area contributed by atoms with E-state index in [9.17, 15) is 14.7 Å². The molecule has 0 radical (unpaired) electrons. The molecule has 6 nitrogen and oxygen atoms in total. The number of fused-ring (bicyclic) bond motifs is 3. The molecule has 7 rings (SSSR count). The van der Waals surface area contributed by atoms with Crippen LogP contribution in [0.25, 0.3) is 0 Å². The number of amides is 2. The van der Waals surface area contributed by atoms with Crippen molar-refractivity contribution in [2.45, 2.75) is 116 Å². The molecule has 0 unspecified atom stereocenters. The number of hydrogen-bond donors (Lipinski definition) is 3. The van der Waals surface area contributed by atoms with Crippen molar-refractivity contribution >= 4 is 11.8 Å². The summed E-state index contributed by atoms with van der Waals surface area (Å²) in [5.41, 5.74) is 8.14. The van der Waals surface area contributed by atoms with Crippen molar-refractivity contribution in [1.82, 2.24) is 10.9 Å². The third-order valence-corrected chi connectivity index (χ3v) is 11.2. The SMILES string of the molecule is CCCCCc1cc2c(c(O)c1C(=O)NNC(=O)CC1C3CC4CC(C3)CC1C4)[C@@H]1C=C(C)CC[C@H]1C(C)(C)O2. The monoisotopic (exact) mass is 548 g/mol. The minimum Gasteiger partial charge on any atom is -0.507 e. The average molecular weight is 549 g/mol. The Bertz CT molecular complexity index is 1170. The van der Waals surface area contributed by atoms with Crippen LogP contribution in [-0.4, -0.2) is 22.5 Å². The highest BCUT2D eigenvalue weighted by molar-refractivity contribution is 6.00. The summed E-state index contributed by atoms with van der Waals surface area (Å²) >= 11 is 0. The molecule has 1 aromatic carbocycles. The lowest BCUT2D eigenvalue weighted by Gasteiger charge is -2.54. The second kappa shape index (κ2) is 10.7. The quantitative estimate of drug-likeness (QED) is 0.195. The summed E-state index contributed by atoms with van der Waals surface area (Å²) in [4.78, 5) is 26.7. The molecule has 6 heteroatoms. The zero-order valence-electron chi connectivity index (χ0n) is 24.9. The fourth-order valence-electron chi connectivity index (χ4n) is 9.45. The van der Waals surface area contributed by atoms with Crippen LogP contribution in [0.15, 0.2) is 17.7 Å². The van der Waals surface area contributed by atoms with Gasteiger partial charge in [-0.15, -0.1) is 0 Å². The molecule has 1 aliphatic heterocycles. The normalized spacial score (nSPS) is 32.9. The second-order valence-electron chi connectivity index (χ2n) is 14.3. The Kier molecular flexibility index (Phi) is 7.41. The summed E-state index contributed by atoms with van der Waals surface area (Å²) in [5.74, 6) is 3.85. The van der Waals surface area contributed by atoms with Crippen molar-refractivity contribution < 1.29 is 19.4 Å². The number of nitrogens with one attached hydrogen (secondary N) is 2. The van der Waals surface area contributed by atoms with Crippen LogP contribution in [0.1, 0.15) is 126 Å². The summed E-state index contributed by atoms with van der Waals surface area (Å²) < 4.78 is 6.53. The van der Waals surface area contributed by atoms with E-state index in [1.165, 1.54) is 37.7 Å². The van der Waals surface area contributed by atoms with Gasteiger partial charge in [-0.1, -0.05) is 31.4 Å². The molecule has 6 aliphatic rings. The number of rotatable bonds is 7. The van der Waals surface area contributed by atoms with Gasteiger partial charge >= 0.3 is 0 Å². The van der Waals surface area contributed by atoms with Crippen LogP contribution in [0, 0.1) is 35.5 Å². The maximum atomic E-state index is 13.7. The van der Waals surface area contributed by atoms with Crippen LogP contribution in [-0.2, 0) is 11.2 Å². The molecule has 40 heavy (non-hydrogen) atoms. The van der Waals surface area contributed by atoms with Gasteiger partial charge in [-0.05, 0) is 120 Å². The number of allylic oxidation sites excluding steroid dienone is 2. The van der Waals surface area contributed by atoms with Crippen molar-refractivity contribution in [3.63, 3.8) is 0 Å². The first-order chi connectivity index (χ1) is 19.1. The first-order valence-corrected chi connectivity index (χ1v) is 16.0. The zero-order chi connectivity index (χ0) is 28.2. The summed E-state index contributed by atoms with van der Waals surface area (Å²) in [6, 6.07) is 1.98. The van der Waals surface area contributed by atoms with E-state index in [-0.39, 0.29) is 34.7 Å². The molecule has 1 heterocycles. The number of benzene rings is 1. The van der Waals surface area contributed by atoms with E-state index in [4.69, 9.17) is 4.74 Å². The molecule has 3 N–H and O–H groups in total.